The molecular formula is C24H34O5. The molecule has 0 atom stereocenters. The number of ether oxygens (including phenoxy) is 3. The van der Waals surface area contributed by atoms with Crippen molar-refractivity contribution in [3.63, 3.8) is 0 Å². The van der Waals surface area contributed by atoms with E-state index in [1.807, 2.05) is 0 Å². The van der Waals surface area contributed by atoms with Gasteiger partial charge in [0.15, 0.2) is 0 Å². The highest BCUT2D eigenvalue weighted by molar-refractivity contribution is 5.76. The Hall–Kier alpha value is -1.92. The van der Waals surface area contributed by atoms with E-state index in [0.29, 0.717) is 26.4 Å². The van der Waals surface area contributed by atoms with E-state index in [4.69, 9.17) is 24.4 Å². The summed E-state index contributed by atoms with van der Waals surface area (Å²) in [6.07, 6.45) is 1.45. The lowest BCUT2D eigenvalue weighted by Crippen LogP contribution is -2.01. The molecule has 3 rings (SSSR count). The third-order valence-corrected chi connectivity index (χ3v) is 4.48. The Labute approximate surface area is 174 Å². The van der Waals surface area contributed by atoms with Crippen LogP contribution < -0.4 is 4.74 Å². The standard InChI is InChI=1S/C21H26O4.C3H8O/c1-15-9-19(25-8-4-3-7-22)11-18-14-24-13-17-6-5-16(12-23-2)10-20(17)21(15)18;1-3(2)4/h5-6,9-11,22H,3-4,7-8,12-14H2,1-2H3;3-4H,1-2H3. The lowest BCUT2D eigenvalue weighted by molar-refractivity contribution is 0.109. The van der Waals surface area contributed by atoms with E-state index in [-0.39, 0.29) is 12.7 Å². The minimum absolute atomic E-state index is 0.167. The van der Waals surface area contributed by atoms with E-state index >= 15 is 0 Å². The molecule has 5 nitrogen and oxygen atoms in total. The van der Waals surface area contributed by atoms with E-state index in [0.717, 1.165) is 29.7 Å². The molecule has 2 aromatic carbocycles. The number of unbranched alkanes of at least 4 members (excludes halogenated alkanes) is 1. The molecule has 1 aliphatic heterocycles. The Morgan fingerprint density at radius 1 is 1.07 bits per heavy atom. The molecule has 5 heteroatoms. The van der Waals surface area contributed by atoms with Crippen LogP contribution in [0.2, 0.25) is 0 Å². The van der Waals surface area contributed by atoms with Gasteiger partial charge in [-0.15, -0.1) is 0 Å². The molecule has 160 valence electrons. The quantitative estimate of drug-likeness (QED) is 0.673. The molecule has 1 heterocycles. The van der Waals surface area contributed by atoms with Crippen LogP contribution in [0.1, 0.15) is 48.9 Å². The van der Waals surface area contributed by atoms with Gasteiger partial charge in [0, 0.05) is 19.8 Å². The molecule has 0 unspecified atom stereocenters. The maximum atomic E-state index is 8.87. The van der Waals surface area contributed by atoms with Crippen LogP contribution in [-0.2, 0) is 29.3 Å². The third kappa shape index (κ3) is 7.12. The fourth-order valence-electron chi connectivity index (χ4n) is 3.32. The van der Waals surface area contributed by atoms with E-state index in [1.54, 1.807) is 21.0 Å². The lowest BCUT2D eigenvalue weighted by Gasteiger charge is -2.16. The van der Waals surface area contributed by atoms with Gasteiger partial charge in [0.2, 0.25) is 0 Å². The fraction of sp³-hybridized carbons (Fsp3) is 0.500. The topological polar surface area (TPSA) is 68.2 Å². The molecule has 0 amide bonds. The second-order valence-corrected chi connectivity index (χ2v) is 7.56. The molecule has 0 aliphatic carbocycles. The zero-order chi connectivity index (χ0) is 21.2. The van der Waals surface area contributed by atoms with Gasteiger partial charge in [0.05, 0.1) is 26.4 Å². The molecule has 0 fully saturated rings. The molecule has 0 bridgehead atoms. The number of fused-ring (bicyclic) bond motifs is 3. The van der Waals surface area contributed by atoms with Crippen molar-refractivity contribution in [2.75, 3.05) is 20.3 Å². The van der Waals surface area contributed by atoms with Gasteiger partial charge >= 0.3 is 0 Å². The first-order valence-corrected chi connectivity index (χ1v) is 10.2. The lowest BCUT2D eigenvalue weighted by atomic mass is 9.91. The Morgan fingerprint density at radius 2 is 1.79 bits per heavy atom. The van der Waals surface area contributed by atoms with Gasteiger partial charge in [-0.1, -0.05) is 12.1 Å². The number of aryl methyl sites for hydroxylation is 1. The summed E-state index contributed by atoms with van der Waals surface area (Å²) in [7, 11) is 1.72. The minimum atomic E-state index is -0.167. The minimum Gasteiger partial charge on any atom is -0.494 e. The fourth-order valence-corrected chi connectivity index (χ4v) is 3.32. The molecule has 0 radical (unpaired) electrons. The number of aliphatic hydroxyl groups excluding tert-OH is 2. The number of hydrogen-bond donors (Lipinski definition) is 2. The molecule has 2 N–H and O–H groups in total. The smallest absolute Gasteiger partial charge is 0.119 e. The van der Waals surface area contributed by atoms with Crippen LogP contribution in [0.4, 0.5) is 0 Å². The first kappa shape index (κ1) is 23.4. The molecule has 0 spiro atoms. The van der Waals surface area contributed by atoms with Crippen LogP contribution in [0.15, 0.2) is 30.3 Å². The van der Waals surface area contributed by atoms with E-state index in [1.165, 1.54) is 22.3 Å². The highest BCUT2D eigenvalue weighted by Crippen LogP contribution is 2.37. The average Bonchev–Trinajstić information content (AvgIpc) is 2.84. The number of rotatable bonds is 7. The van der Waals surface area contributed by atoms with Crippen LogP contribution in [0.25, 0.3) is 11.1 Å². The van der Waals surface area contributed by atoms with E-state index in [9.17, 15) is 0 Å². The van der Waals surface area contributed by atoms with Crippen molar-refractivity contribution in [3.05, 3.63) is 52.6 Å². The van der Waals surface area contributed by atoms with E-state index in [2.05, 4.69) is 37.3 Å². The highest BCUT2D eigenvalue weighted by Gasteiger charge is 2.18. The van der Waals surface area contributed by atoms with Gasteiger partial charge < -0.3 is 24.4 Å². The average molecular weight is 403 g/mol. The third-order valence-electron chi connectivity index (χ3n) is 4.48. The molecular weight excluding hydrogens is 368 g/mol. The molecule has 0 saturated heterocycles. The normalized spacial score (nSPS) is 12.5. The van der Waals surface area contributed by atoms with Gasteiger partial charge in [-0.2, -0.15) is 0 Å². The number of benzene rings is 2. The van der Waals surface area contributed by atoms with Gasteiger partial charge in [0.25, 0.3) is 0 Å². The summed E-state index contributed by atoms with van der Waals surface area (Å²) >= 11 is 0. The Kier molecular flexibility index (Phi) is 9.61. The molecule has 0 saturated carbocycles. The largest absolute Gasteiger partial charge is 0.494 e. The van der Waals surface area contributed by atoms with Crippen LogP contribution in [-0.4, -0.2) is 36.6 Å². The molecule has 1 aliphatic rings. The van der Waals surface area contributed by atoms with Crippen molar-refractivity contribution >= 4 is 0 Å². The summed E-state index contributed by atoms with van der Waals surface area (Å²) in [4.78, 5) is 0. The van der Waals surface area contributed by atoms with Crippen molar-refractivity contribution in [2.24, 2.45) is 0 Å². The van der Waals surface area contributed by atoms with Gasteiger partial charge in [-0.3, -0.25) is 0 Å². The van der Waals surface area contributed by atoms with Crippen LogP contribution in [0, 0.1) is 6.92 Å². The van der Waals surface area contributed by atoms with Gasteiger partial charge in [-0.05, 0) is 85.2 Å². The molecule has 0 aromatic heterocycles. The second-order valence-electron chi connectivity index (χ2n) is 7.56. The Morgan fingerprint density at radius 3 is 2.48 bits per heavy atom. The maximum Gasteiger partial charge on any atom is 0.119 e. The summed E-state index contributed by atoms with van der Waals surface area (Å²) < 4.78 is 17.0. The summed E-state index contributed by atoms with van der Waals surface area (Å²) in [6.45, 7) is 8.20. The first-order chi connectivity index (χ1) is 14.0. The number of methoxy groups -OCH3 is 1. The summed E-state index contributed by atoms with van der Waals surface area (Å²) in [5, 5.41) is 16.9. The maximum absolute atomic E-state index is 8.87. The Bertz CT molecular complexity index is 767. The van der Waals surface area contributed by atoms with Gasteiger partial charge in [-0.25, -0.2) is 0 Å². The molecule has 2 aromatic rings. The van der Waals surface area contributed by atoms with Crippen LogP contribution in [0.3, 0.4) is 0 Å². The monoisotopic (exact) mass is 402 g/mol. The van der Waals surface area contributed by atoms with Crippen molar-refractivity contribution in [3.8, 4) is 16.9 Å². The highest BCUT2D eigenvalue weighted by atomic mass is 16.5. The summed E-state index contributed by atoms with van der Waals surface area (Å²) in [6, 6.07) is 10.6. The van der Waals surface area contributed by atoms with Crippen molar-refractivity contribution in [1.82, 2.24) is 0 Å². The zero-order valence-corrected chi connectivity index (χ0v) is 18.0. The number of hydrogen-bond acceptors (Lipinski definition) is 5. The van der Waals surface area contributed by atoms with Crippen molar-refractivity contribution in [1.29, 1.82) is 0 Å². The predicted molar refractivity (Wildman–Crippen MR) is 115 cm³/mol. The zero-order valence-electron chi connectivity index (χ0n) is 18.0. The van der Waals surface area contributed by atoms with Crippen LogP contribution in [0.5, 0.6) is 5.75 Å². The van der Waals surface area contributed by atoms with Crippen molar-refractivity contribution < 1.29 is 24.4 Å². The summed E-state index contributed by atoms with van der Waals surface area (Å²) in [5.41, 5.74) is 7.19. The van der Waals surface area contributed by atoms with Crippen molar-refractivity contribution in [2.45, 2.75) is 59.5 Å². The van der Waals surface area contributed by atoms with E-state index < -0.39 is 0 Å². The number of aliphatic hydroxyl groups is 2. The second kappa shape index (κ2) is 11.9. The Balaban J connectivity index is 0.000000687. The first-order valence-electron chi connectivity index (χ1n) is 10.2. The summed E-state index contributed by atoms with van der Waals surface area (Å²) in [5.74, 6) is 0.870. The predicted octanol–water partition coefficient (Wildman–Crippen LogP) is 4.38. The van der Waals surface area contributed by atoms with Crippen LogP contribution >= 0.6 is 0 Å². The molecule has 29 heavy (non-hydrogen) atoms. The van der Waals surface area contributed by atoms with Gasteiger partial charge in [0.1, 0.15) is 5.75 Å². The SMILES string of the molecule is CC(C)O.COCc1ccc2c(c1)-c1c(C)cc(OCCCCO)cc1COC2.